The first-order valence-electron chi connectivity index (χ1n) is 7.08. The molecular weight excluding hydrogens is 274 g/mol. The minimum Gasteiger partial charge on any atom is -0.353 e. The zero-order chi connectivity index (χ0) is 13.7. The first-order chi connectivity index (χ1) is 9.65. The van der Waals surface area contributed by atoms with Crippen molar-refractivity contribution in [3.8, 4) is 0 Å². The molecule has 3 aliphatic rings. The minimum atomic E-state index is -3.50. The van der Waals surface area contributed by atoms with Gasteiger partial charge in [-0.25, -0.2) is 0 Å². The molecule has 1 aromatic carbocycles. The fourth-order valence-corrected chi connectivity index (χ4v) is 4.76. The highest BCUT2D eigenvalue weighted by molar-refractivity contribution is 7.90. The Hall–Kier alpha value is -1.40. The number of hydrogen-bond donors (Lipinski definition) is 1. The molecule has 106 valence electrons. The number of sulfonamides is 1. The van der Waals surface area contributed by atoms with E-state index >= 15 is 0 Å². The van der Waals surface area contributed by atoms with Gasteiger partial charge in [0.1, 0.15) is 4.90 Å². The maximum Gasteiger partial charge on any atom is 0.285 e. The summed E-state index contributed by atoms with van der Waals surface area (Å²) in [5.74, 6) is 1.25. The zero-order valence-corrected chi connectivity index (χ0v) is 11.9. The highest BCUT2D eigenvalue weighted by Gasteiger charge is 2.39. The van der Waals surface area contributed by atoms with Crippen LogP contribution in [0.1, 0.15) is 18.4 Å². The van der Waals surface area contributed by atoms with Crippen LogP contribution in [0.4, 0.5) is 0 Å². The Labute approximate surface area is 118 Å². The van der Waals surface area contributed by atoms with E-state index in [1.807, 2.05) is 12.1 Å². The van der Waals surface area contributed by atoms with E-state index in [0.29, 0.717) is 22.7 Å². The van der Waals surface area contributed by atoms with Crippen LogP contribution in [-0.2, 0) is 10.0 Å². The molecule has 0 spiro atoms. The molecule has 0 saturated carbocycles. The fraction of sp³-hybridized carbons (Fsp3) is 0.500. The summed E-state index contributed by atoms with van der Waals surface area (Å²) in [4.78, 5) is 2.48. The summed E-state index contributed by atoms with van der Waals surface area (Å²) in [5, 5.41) is 3.53. The number of nitrogens with zero attached hydrogens (tertiary/aromatic N) is 2. The molecule has 3 aliphatic heterocycles. The van der Waals surface area contributed by atoms with Crippen molar-refractivity contribution < 1.29 is 8.42 Å². The van der Waals surface area contributed by atoms with Gasteiger partial charge in [-0.3, -0.25) is 0 Å². The van der Waals surface area contributed by atoms with Gasteiger partial charge in [0, 0.05) is 24.7 Å². The largest absolute Gasteiger partial charge is 0.353 e. The number of hydrogen-bond acceptors (Lipinski definition) is 4. The lowest BCUT2D eigenvalue weighted by molar-refractivity contribution is 0.339. The molecular formula is C14H17N3O2S. The van der Waals surface area contributed by atoms with Crippen molar-refractivity contribution >= 4 is 15.9 Å². The number of benzene rings is 1. The van der Waals surface area contributed by atoms with Gasteiger partial charge in [-0.2, -0.15) is 8.42 Å². The second-order valence-corrected chi connectivity index (χ2v) is 7.33. The van der Waals surface area contributed by atoms with E-state index in [9.17, 15) is 8.42 Å². The second kappa shape index (κ2) is 4.30. The smallest absolute Gasteiger partial charge is 0.285 e. The summed E-state index contributed by atoms with van der Waals surface area (Å²) in [6.45, 7) is 2.82. The average Bonchev–Trinajstić information content (AvgIpc) is 2.98. The van der Waals surface area contributed by atoms with Gasteiger partial charge in [-0.1, -0.05) is 12.1 Å². The van der Waals surface area contributed by atoms with Crippen molar-refractivity contribution in [3.63, 3.8) is 0 Å². The standard InChI is InChI=1S/C14H17N3O2S/c18-20(19)13-6-2-1-5-11(13)14(16-20)17-8-10-4-3-7-15-12(10)9-17/h1-2,5-6,10,12,15H,3-4,7-9H2/t10-,12+/m0/s1. The average molecular weight is 291 g/mol. The summed E-state index contributed by atoms with van der Waals surface area (Å²) in [6, 6.07) is 7.59. The number of fused-ring (bicyclic) bond motifs is 2. The van der Waals surface area contributed by atoms with Gasteiger partial charge in [0.2, 0.25) is 0 Å². The minimum absolute atomic E-state index is 0.345. The van der Waals surface area contributed by atoms with Crippen LogP contribution in [0.3, 0.4) is 0 Å². The van der Waals surface area contributed by atoms with Crippen LogP contribution in [-0.4, -0.2) is 44.8 Å². The molecule has 0 aliphatic carbocycles. The Kier molecular flexibility index (Phi) is 2.65. The zero-order valence-electron chi connectivity index (χ0n) is 11.1. The van der Waals surface area contributed by atoms with Crippen LogP contribution in [0.5, 0.6) is 0 Å². The van der Waals surface area contributed by atoms with E-state index < -0.39 is 10.0 Å². The van der Waals surface area contributed by atoms with Crippen LogP contribution < -0.4 is 5.32 Å². The van der Waals surface area contributed by atoms with Crippen molar-refractivity contribution in [2.24, 2.45) is 10.3 Å². The molecule has 2 fully saturated rings. The van der Waals surface area contributed by atoms with E-state index in [1.54, 1.807) is 12.1 Å². The molecule has 5 nitrogen and oxygen atoms in total. The summed E-state index contributed by atoms with van der Waals surface area (Å²) >= 11 is 0. The van der Waals surface area contributed by atoms with Gasteiger partial charge in [0.25, 0.3) is 10.0 Å². The van der Waals surface area contributed by atoms with Gasteiger partial charge >= 0.3 is 0 Å². The maximum atomic E-state index is 12.1. The van der Waals surface area contributed by atoms with E-state index in [-0.39, 0.29) is 0 Å². The summed E-state index contributed by atoms with van der Waals surface area (Å²) in [6.07, 6.45) is 2.42. The maximum absolute atomic E-state index is 12.1. The molecule has 1 N–H and O–H groups in total. The first-order valence-corrected chi connectivity index (χ1v) is 8.52. The van der Waals surface area contributed by atoms with Gasteiger partial charge < -0.3 is 10.2 Å². The molecule has 2 atom stereocenters. The summed E-state index contributed by atoms with van der Waals surface area (Å²) < 4.78 is 28.2. The third-order valence-electron chi connectivity index (χ3n) is 4.51. The number of rotatable bonds is 0. The monoisotopic (exact) mass is 291 g/mol. The topological polar surface area (TPSA) is 61.8 Å². The van der Waals surface area contributed by atoms with Crippen molar-refractivity contribution in [3.05, 3.63) is 29.8 Å². The molecule has 6 heteroatoms. The molecule has 0 radical (unpaired) electrons. The predicted octanol–water partition coefficient (Wildman–Crippen LogP) is 0.819. The molecule has 20 heavy (non-hydrogen) atoms. The Balaban J connectivity index is 1.70. The molecule has 2 saturated heterocycles. The van der Waals surface area contributed by atoms with E-state index in [4.69, 9.17) is 0 Å². The number of piperidine rings is 1. The molecule has 3 heterocycles. The summed E-state index contributed by atoms with van der Waals surface area (Å²) in [7, 11) is -3.50. The third-order valence-corrected chi connectivity index (χ3v) is 5.84. The number of nitrogens with one attached hydrogen (secondary N) is 1. The van der Waals surface area contributed by atoms with Crippen molar-refractivity contribution in [2.75, 3.05) is 19.6 Å². The normalized spacial score (nSPS) is 30.8. The number of likely N-dealkylation sites (tertiary alicyclic amines) is 1. The van der Waals surface area contributed by atoms with Crippen LogP contribution in [0.2, 0.25) is 0 Å². The van der Waals surface area contributed by atoms with Crippen LogP contribution in [0.15, 0.2) is 33.6 Å². The summed E-state index contributed by atoms with van der Waals surface area (Å²) in [5.41, 5.74) is 0.756. The van der Waals surface area contributed by atoms with Gasteiger partial charge in [0.05, 0.1) is 0 Å². The Morgan fingerprint density at radius 3 is 2.95 bits per heavy atom. The first kappa shape index (κ1) is 12.3. The quantitative estimate of drug-likeness (QED) is 0.769. The lowest BCUT2D eigenvalue weighted by atomic mass is 9.94. The molecule has 0 aromatic heterocycles. The Bertz CT molecular complexity index is 669. The molecule has 4 rings (SSSR count). The predicted molar refractivity (Wildman–Crippen MR) is 76.3 cm³/mol. The van der Waals surface area contributed by atoms with E-state index in [0.717, 1.165) is 25.2 Å². The van der Waals surface area contributed by atoms with Gasteiger partial charge in [0.15, 0.2) is 5.84 Å². The van der Waals surface area contributed by atoms with Crippen molar-refractivity contribution in [2.45, 2.75) is 23.8 Å². The van der Waals surface area contributed by atoms with Crippen LogP contribution in [0, 0.1) is 5.92 Å². The van der Waals surface area contributed by atoms with Crippen molar-refractivity contribution in [1.82, 2.24) is 10.2 Å². The highest BCUT2D eigenvalue weighted by Crippen LogP contribution is 2.32. The third kappa shape index (κ3) is 1.78. The number of amidine groups is 1. The fourth-order valence-electron chi connectivity index (χ4n) is 3.54. The SMILES string of the molecule is O=S1(=O)N=C(N2C[C@@H]3CCCN[C@@H]3C2)c2ccccc21. The molecule has 0 unspecified atom stereocenters. The second-order valence-electron chi connectivity index (χ2n) is 5.75. The van der Waals surface area contributed by atoms with Crippen molar-refractivity contribution in [1.29, 1.82) is 0 Å². The van der Waals surface area contributed by atoms with Crippen LogP contribution >= 0.6 is 0 Å². The van der Waals surface area contributed by atoms with Gasteiger partial charge in [-0.15, -0.1) is 4.40 Å². The van der Waals surface area contributed by atoms with Crippen LogP contribution in [0.25, 0.3) is 0 Å². The molecule has 0 amide bonds. The highest BCUT2D eigenvalue weighted by atomic mass is 32.2. The Morgan fingerprint density at radius 1 is 1.25 bits per heavy atom. The lowest BCUT2D eigenvalue weighted by Crippen LogP contribution is -2.41. The lowest BCUT2D eigenvalue weighted by Gasteiger charge is -2.24. The van der Waals surface area contributed by atoms with E-state index in [2.05, 4.69) is 14.6 Å². The Morgan fingerprint density at radius 2 is 2.10 bits per heavy atom. The van der Waals surface area contributed by atoms with E-state index in [1.165, 1.54) is 12.8 Å². The molecule has 1 aromatic rings. The van der Waals surface area contributed by atoms with Gasteiger partial charge in [-0.05, 0) is 37.4 Å². The molecule has 0 bridgehead atoms.